The van der Waals surface area contributed by atoms with Gasteiger partial charge in [-0.15, -0.1) is 0 Å². The van der Waals surface area contributed by atoms with E-state index in [1.807, 2.05) is 12.1 Å². The van der Waals surface area contributed by atoms with Gasteiger partial charge in [0.2, 0.25) is 5.75 Å². The van der Waals surface area contributed by atoms with Crippen LogP contribution in [0.3, 0.4) is 0 Å². The van der Waals surface area contributed by atoms with E-state index >= 15 is 0 Å². The second-order valence-corrected chi connectivity index (χ2v) is 4.47. The van der Waals surface area contributed by atoms with Crippen LogP contribution in [0.4, 0.5) is 0 Å². The lowest BCUT2D eigenvalue weighted by Gasteiger charge is -2.12. The Morgan fingerprint density at radius 3 is 2.40 bits per heavy atom. The molecule has 0 spiro atoms. The number of fused-ring (bicyclic) bond motifs is 1. The number of aromatic hydroxyl groups is 1. The quantitative estimate of drug-likeness (QED) is 0.776. The molecule has 0 saturated carbocycles. The number of ether oxygens (including phenoxy) is 1. The summed E-state index contributed by atoms with van der Waals surface area (Å²) in [5.74, 6) is 0.320. The first-order chi connectivity index (χ1) is 9.68. The minimum absolute atomic E-state index is 0.0580. The summed E-state index contributed by atoms with van der Waals surface area (Å²) in [6.07, 6.45) is 0. The van der Waals surface area contributed by atoms with Gasteiger partial charge in [-0.1, -0.05) is 30.3 Å². The molecule has 0 unspecified atom stereocenters. The van der Waals surface area contributed by atoms with E-state index < -0.39 is 0 Å². The van der Waals surface area contributed by atoms with Crippen molar-refractivity contribution in [3.05, 3.63) is 65.0 Å². The number of pyridine rings is 1. The fraction of sp³-hybridized carbons (Fsp3) is 0.0625. The number of hydrogen-bond acceptors (Lipinski definition) is 3. The van der Waals surface area contributed by atoms with Crippen LogP contribution >= 0.6 is 0 Å². The molecule has 0 bridgehead atoms. The second kappa shape index (κ2) is 4.74. The van der Waals surface area contributed by atoms with Gasteiger partial charge in [0.05, 0.1) is 5.52 Å². The van der Waals surface area contributed by atoms with E-state index in [9.17, 15) is 9.90 Å². The lowest BCUT2D eigenvalue weighted by molar-refractivity contribution is 0.407. The molecule has 0 amide bonds. The number of benzene rings is 2. The van der Waals surface area contributed by atoms with E-state index in [2.05, 4.69) is 0 Å². The first-order valence-corrected chi connectivity index (χ1v) is 6.22. The molecule has 0 fully saturated rings. The van der Waals surface area contributed by atoms with Crippen LogP contribution in [0.5, 0.6) is 17.2 Å². The maximum absolute atomic E-state index is 12.3. The molecule has 1 heterocycles. The Balaban J connectivity index is 2.23. The summed E-state index contributed by atoms with van der Waals surface area (Å²) in [5, 5.41) is 10.9. The van der Waals surface area contributed by atoms with Crippen molar-refractivity contribution in [2.75, 3.05) is 0 Å². The molecule has 4 nitrogen and oxygen atoms in total. The summed E-state index contributed by atoms with van der Waals surface area (Å²) in [6, 6.07) is 16.1. The summed E-state index contributed by atoms with van der Waals surface area (Å²) in [7, 11) is 1.65. The fourth-order valence-electron chi connectivity index (χ4n) is 2.15. The predicted octanol–water partition coefficient (Wildman–Crippen LogP) is 3.04. The van der Waals surface area contributed by atoms with Gasteiger partial charge in [-0.2, -0.15) is 0 Å². The van der Waals surface area contributed by atoms with Gasteiger partial charge in [-0.05, 0) is 24.3 Å². The average molecular weight is 267 g/mol. The highest BCUT2D eigenvalue weighted by atomic mass is 16.5. The maximum Gasteiger partial charge on any atom is 0.297 e. The van der Waals surface area contributed by atoms with Crippen LogP contribution in [0.25, 0.3) is 10.9 Å². The normalized spacial score (nSPS) is 10.7. The zero-order chi connectivity index (χ0) is 14.1. The number of rotatable bonds is 2. The third kappa shape index (κ3) is 1.91. The molecular formula is C16H13NO3. The highest BCUT2D eigenvalue weighted by Gasteiger charge is 2.16. The molecule has 100 valence electrons. The summed E-state index contributed by atoms with van der Waals surface area (Å²) in [4.78, 5) is 12.3. The summed E-state index contributed by atoms with van der Waals surface area (Å²) >= 11 is 0. The fourth-order valence-corrected chi connectivity index (χ4v) is 2.15. The smallest absolute Gasteiger partial charge is 0.297 e. The van der Waals surface area contributed by atoms with Gasteiger partial charge in [0.15, 0.2) is 5.75 Å². The first-order valence-electron chi connectivity index (χ1n) is 6.22. The standard InChI is InChI=1S/C16H13NO3/c1-17-13-10-6-5-9-12(13)14(18)15(16(17)19)20-11-7-3-2-4-8-11/h2-10,18H,1H3. The van der Waals surface area contributed by atoms with E-state index in [0.717, 1.165) is 0 Å². The number of para-hydroxylation sites is 2. The largest absolute Gasteiger partial charge is 0.504 e. The van der Waals surface area contributed by atoms with Crippen molar-refractivity contribution in [2.45, 2.75) is 0 Å². The van der Waals surface area contributed by atoms with Crippen molar-refractivity contribution in [2.24, 2.45) is 7.05 Å². The zero-order valence-electron chi connectivity index (χ0n) is 10.9. The molecule has 0 aliphatic carbocycles. The monoisotopic (exact) mass is 267 g/mol. The average Bonchev–Trinajstić information content (AvgIpc) is 2.50. The van der Waals surface area contributed by atoms with Crippen LogP contribution in [0, 0.1) is 0 Å². The Morgan fingerprint density at radius 1 is 1.00 bits per heavy atom. The molecule has 0 saturated heterocycles. The Labute approximate surface area is 115 Å². The molecule has 3 aromatic rings. The van der Waals surface area contributed by atoms with Gasteiger partial charge in [-0.3, -0.25) is 4.79 Å². The van der Waals surface area contributed by atoms with Crippen molar-refractivity contribution in [1.82, 2.24) is 4.57 Å². The van der Waals surface area contributed by atoms with Crippen LogP contribution < -0.4 is 10.3 Å². The Hall–Kier alpha value is -2.75. The van der Waals surface area contributed by atoms with Crippen LogP contribution in [-0.2, 0) is 7.05 Å². The summed E-state index contributed by atoms with van der Waals surface area (Å²) < 4.78 is 7.01. The summed E-state index contributed by atoms with van der Waals surface area (Å²) in [5.41, 5.74) is 0.292. The third-order valence-electron chi connectivity index (χ3n) is 3.20. The van der Waals surface area contributed by atoms with Gasteiger partial charge in [0, 0.05) is 12.4 Å². The van der Waals surface area contributed by atoms with Crippen LogP contribution in [0.2, 0.25) is 0 Å². The number of nitrogens with zero attached hydrogens (tertiary/aromatic N) is 1. The lowest BCUT2D eigenvalue weighted by atomic mass is 10.2. The van der Waals surface area contributed by atoms with E-state index in [1.165, 1.54) is 4.57 Å². The van der Waals surface area contributed by atoms with E-state index in [0.29, 0.717) is 16.7 Å². The van der Waals surface area contributed by atoms with E-state index in [4.69, 9.17) is 4.74 Å². The topological polar surface area (TPSA) is 51.5 Å². The van der Waals surface area contributed by atoms with Gasteiger partial charge in [-0.25, -0.2) is 0 Å². The van der Waals surface area contributed by atoms with Gasteiger partial charge in [0.1, 0.15) is 5.75 Å². The molecule has 20 heavy (non-hydrogen) atoms. The minimum Gasteiger partial charge on any atom is -0.504 e. The number of aromatic nitrogens is 1. The van der Waals surface area contributed by atoms with Crippen molar-refractivity contribution >= 4 is 10.9 Å². The van der Waals surface area contributed by atoms with Crippen LogP contribution in [0.1, 0.15) is 0 Å². The lowest BCUT2D eigenvalue weighted by Crippen LogP contribution is -2.18. The zero-order valence-corrected chi connectivity index (χ0v) is 10.9. The van der Waals surface area contributed by atoms with Crippen molar-refractivity contribution in [1.29, 1.82) is 0 Å². The molecule has 2 aromatic carbocycles. The molecule has 0 radical (unpaired) electrons. The van der Waals surface area contributed by atoms with Gasteiger partial charge in [0.25, 0.3) is 5.56 Å². The van der Waals surface area contributed by atoms with Crippen molar-refractivity contribution in [3.8, 4) is 17.2 Å². The molecule has 1 aromatic heterocycles. The molecule has 1 N–H and O–H groups in total. The Bertz CT molecular complexity index is 822. The Morgan fingerprint density at radius 2 is 1.65 bits per heavy atom. The van der Waals surface area contributed by atoms with Crippen molar-refractivity contribution < 1.29 is 9.84 Å². The molecule has 0 aliphatic heterocycles. The molecule has 4 heteroatoms. The third-order valence-corrected chi connectivity index (χ3v) is 3.20. The minimum atomic E-state index is -0.370. The predicted molar refractivity (Wildman–Crippen MR) is 77.4 cm³/mol. The maximum atomic E-state index is 12.3. The first kappa shape index (κ1) is 12.3. The highest BCUT2D eigenvalue weighted by Crippen LogP contribution is 2.33. The van der Waals surface area contributed by atoms with Crippen LogP contribution in [-0.4, -0.2) is 9.67 Å². The SMILES string of the molecule is Cn1c(=O)c(Oc2ccccc2)c(O)c2ccccc21. The molecule has 3 rings (SSSR count). The molecular weight excluding hydrogens is 254 g/mol. The van der Waals surface area contributed by atoms with Gasteiger partial charge < -0.3 is 14.4 Å². The van der Waals surface area contributed by atoms with Crippen LogP contribution in [0.15, 0.2) is 59.4 Å². The Kier molecular flexibility index (Phi) is 2.91. The van der Waals surface area contributed by atoms with Gasteiger partial charge >= 0.3 is 0 Å². The van der Waals surface area contributed by atoms with E-state index in [-0.39, 0.29) is 17.1 Å². The number of aryl methyl sites for hydroxylation is 1. The number of hydrogen-bond donors (Lipinski definition) is 1. The molecule has 0 atom stereocenters. The second-order valence-electron chi connectivity index (χ2n) is 4.47. The highest BCUT2D eigenvalue weighted by molar-refractivity contribution is 5.87. The van der Waals surface area contributed by atoms with E-state index in [1.54, 1.807) is 49.5 Å². The summed E-state index contributed by atoms with van der Waals surface area (Å²) in [6.45, 7) is 0. The van der Waals surface area contributed by atoms with Crippen molar-refractivity contribution in [3.63, 3.8) is 0 Å². The molecule has 0 aliphatic rings.